The average molecular weight is 631 g/mol. The molecule has 3 amide bonds. The van der Waals surface area contributed by atoms with Crippen LogP contribution in [0.2, 0.25) is 5.02 Å². The number of hydrogen-bond donors (Lipinski definition) is 3. The fourth-order valence-corrected chi connectivity index (χ4v) is 7.23. The number of nitrogens with zero attached hydrogens (tertiary/aromatic N) is 2. The largest absolute Gasteiger partial charge is 0.385 e. The molecule has 0 radical (unpaired) electrons. The molecule has 240 valence electrons. The van der Waals surface area contributed by atoms with Gasteiger partial charge in [-0.1, -0.05) is 84.4 Å². The number of piperidine rings is 2. The van der Waals surface area contributed by atoms with E-state index in [2.05, 4.69) is 64.1 Å². The molecule has 0 atom stereocenters. The van der Waals surface area contributed by atoms with Gasteiger partial charge < -0.3 is 25.5 Å². The van der Waals surface area contributed by atoms with Gasteiger partial charge >= 0.3 is 6.03 Å². The van der Waals surface area contributed by atoms with Crippen LogP contribution in [0.1, 0.15) is 68.6 Å². The summed E-state index contributed by atoms with van der Waals surface area (Å²) in [5.41, 5.74) is 1.92. The maximum absolute atomic E-state index is 13.8. The van der Waals surface area contributed by atoms with E-state index in [0.717, 1.165) is 62.0 Å². The summed E-state index contributed by atoms with van der Waals surface area (Å²) in [5.74, 6) is 0.0465. The highest BCUT2D eigenvalue weighted by Crippen LogP contribution is 2.41. The lowest BCUT2D eigenvalue weighted by Gasteiger charge is -2.40. The smallest absolute Gasteiger partial charge is 0.317 e. The minimum absolute atomic E-state index is 0.0298. The number of rotatable bonds is 11. The summed E-state index contributed by atoms with van der Waals surface area (Å²) in [5, 5.41) is 18.2. The predicted molar refractivity (Wildman–Crippen MR) is 180 cm³/mol. The van der Waals surface area contributed by atoms with Crippen LogP contribution in [0.3, 0.4) is 0 Å². The van der Waals surface area contributed by atoms with E-state index in [1.165, 1.54) is 0 Å². The van der Waals surface area contributed by atoms with Crippen LogP contribution >= 0.6 is 11.6 Å². The first-order valence-electron chi connectivity index (χ1n) is 16.5. The third-order valence-electron chi connectivity index (χ3n) is 9.73. The summed E-state index contributed by atoms with van der Waals surface area (Å²) in [6, 6.07) is 28.5. The second-order valence-electron chi connectivity index (χ2n) is 12.6. The highest BCUT2D eigenvalue weighted by molar-refractivity contribution is 6.30. The molecule has 8 heteroatoms. The van der Waals surface area contributed by atoms with Gasteiger partial charge in [-0.25, -0.2) is 4.79 Å². The number of hydrogen-bond acceptors (Lipinski definition) is 4. The van der Waals surface area contributed by atoms with Crippen molar-refractivity contribution in [1.82, 2.24) is 20.4 Å². The molecule has 3 N–H and O–H groups in total. The fourth-order valence-electron chi connectivity index (χ4n) is 7.10. The van der Waals surface area contributed by atoms with Crippen molar-refractivity contribution in [3.8, 4) is 0 Å². The molecular weight excluding hydrogens is 584 g/mol. The van der Waals surface area contributed by atoms with Crippen molar-refractivity contribution in [1.29, 1.82) is 0 Å². The Hall–Kier alpha value is -3.39. The fraction of sp³-hybridized carbons (Fsp3) is 0.459. The summed E-state index contributed by atoms with van der Waals surface area (Å²) in [4.78, 5) is 30.4. The van der Waals surface area contributed by atoms with Gasteiger partial charge in [0.2, 0.25) is 5.91 Å². The lowest BCUT2D eigenvalue weighted by Crippen LogP contribution is -2.50. The van der Waals surface area contributed by atoms with Crippen LogP contribution in [0.5, 0.6) is 0 Å². The Morgan fingerprint density at radius 3 is 2.02 bits per heavy atom. The van der Waals surface area contributed by atoms with Gasteiger partial charge in [-0.2, -0.15) is 0 Å². The van der Waals surface area contributed by atoms with Crippen LogP contribution in [0.4, 0.5) is 4.79 Å². The van der Waals surface area contributed by atoms with Gasteiger partial charge in [-0.05, 0) is 80.8 Å². The van der Waals surface area contributed by atoms with Crippen molar-refractivity contribution in [2.45, 2.75) is 68.9 Å². The molecule has 5 rings (SSSR count). The first kappa shape index (κ1) is 33.0. The number of nitrogens with one attached hydrogen (secondary N) is 2. The van der Waals surface area contributed by atoms with Gasteiger partial charge in [0, 0.05) is 55.6 Å². The van der Waals surface area contributed by atoms with Gasteiger partial charge in [-0.15, -0.1) is 0 Å². The minimum atomic E-state index is -0.826. The number of urea groups is 1. The predicted octanol–water partition coefficient (Wildman–Crippen LogP) is 6.09. The summed E-state index contributed by atoms with van der Waals surface area (Å²) in [6.07, 6.45) is 4.96. The topological polar surface area (TPSA) is 84.9 Å². The third-order valence-corrected chi connectivity index (χ3v) is 9.99. The molecule has 3 aromatic carbocycles. The Balaban J connectivity index is 1.26. The van der Waals surface area contributed by atoms with Crippen LogP contribution in [0, 0.1) is 0 Å². The lowest BCUT2D eigenvalue weighted by molar-refractivity contribution is -0.123. The Morgan fingerprint density at radius 2 is 1.47 bits per heavy atom. The van der Waals surface area contributed by atoms with E-state index in [1.807, 2.05) is 48.2 Å². The van der Waals surface area contributed by atoms with Crippen molar-refractivity contribution < 1.29 is 14.7 Å². The number of carbonyl (C=O) groups is 2. The standard InChI is InChI=1S/C37H47ClN4O3/c1-2-39-35(44)42-24-18-33(19-25-42)40-34(43)28-36(29-10-5-3-6-11-29,30-12-7-4-8-13-30)20-9-23-41-26-21-37(45,22-27-41)31-14-16-32(38)17-15-31/h3-8,10-17,33,45H,2,9,18-28H2,1H3,(H,39,44)(H,40,43). The van der Waals surface area contributed by atoms with E-state index in [9.17, 15) is 14.7 Å². The van der Waals surface area contributed by atoms with Crippen molar-refractivity contribution in [3.05, 3.63) is 107 Å². The molecule has 0 aliphatic carbocycles. The number of carbonyl (C=O) groups excluding carboxylic acids is 2. The molecular formula is C37H47ClN4O3. The number of likely N-dealkylation sites (tertiary alicyclic amines) is 2. The van der Waals surface area contributed by atoms with E-state index in [0.29, 0.717) is 43.9 Å². The minimum Gasteiger partial charge on any atom is -0.385 e. The lowest BCUT2D eigenvalue weighted by atomic mass is 9.68. The quantitative estimate of drug-likeness (QED) is 0.239. The van der Waals surface area contributed by atoms with Crippen molar-refractivity contribution in [2.75, 3.05) is 39.3 Å². The molecule has 2 aliphatic heterocycles. The van der Waals surface area contributed by atoms with Crippen molar-refractivity contribution in [2.24, 2.45) is 0 Å². The Bertz CT molecular complexity index is 1330. The van der Waals surface area contributed by atoms with Gasteiger partial charge in [0.05, 0.1) is 5.60 Å². The molecule has 3 aromatic rings. The molecule has 0 aromatic heterocycles. The molecule has 7 nitrogen and oxygen atoms in total. The molecule has 0 unspecified atom stereocenters. The van der Waals surface area contributed by atoms with Crippen molar-refractivity contribution >= 4 is 23.5 Å². The van der Waals surface area contributed by atoms with E-state index in [-0.39, 0.29) is 18.0 Å². The van der Waals surface area contributed by atoms with Gasteiger partial charge in [-0.3, -0.25) is 4.79 Å². The van der Waals surface area contributed by atoms with Gasteiger partial charge in [0.25, 0.3) is 0 Å². The molecule has 0 bridgehead atoms. The van der Waals surface area contributed by atoms with E-state index in [1.54, 1.807) is 0 Å². The first-order valence-corrected chi connectivity index (χ1v) is 16.8. The van der Waals surface area contributed by atoms with Crippen LogP contribution in [0.25, 0.3) is 0 Å². The monoisotopic (exact) mass is 630 g/mol. The zero-order valence-corrected chi connectivity index (χ0v) is 27.1. The molecule has 0 spiro atoms. The number of benzene rings is 3. The zero-order chi connectivity index (χ0) is 31.7. The summed E-state index contributed by atoms with van der Waals surface area (Å²) >= 11 is 6.08. The van der Waals surface area contributed by atoms with E-state index in [4.69, 9.17) is 11.6 Å². The summed E-state index contributed by atoms with van der Waals surface area (Å²) < 4.78 is 0. The molecule has 2 heterocycles. The number of halogens is 1. The number of amides is 3. The highest BCUT2D eigenvalue weighted by atomic mass is 35.5. The Kier molecular flexibility index (Phi) is 11.2. The highest BCUT2D eigenvalue weighted by Gasteiger charge is 2.38. The van der Waals surface area contributed by atoms with Crippen LogP contribution in [-0.2, 0) is 15.8 Å². The maximum atomic E-state index is 13.8. The second kappa shape index (κ2) is 15.3. The molecule has 0 saturated carbocycles. The van der Waals surface area contributed by atoms with Crippen molar-refractivity contribution in [3.63, 3.8) is 0 Å². The Labute approximate surface area is 273 Å². The molecule has 2 fully saturated rings. The van der Waals surface area contributed by atoms with E-state index < -0.39 is 11.0 Å². The molecule has 2 aliphatic rings. The SMILES string of the molecule is CCNC(=O)N1CCC(NC(=O)CC(CCCN2CCC(O)(c3ccc(Cl)cc3)CC2)(c2ccccc2)c2ccccc2)CC1. The van der Waals surface area contributed by atoms with E-state index >= 15 is 0 Å². The normalized spacial score (nSPS) is 17.5. The maximum Gasteiger partial charge on any atom is 0.317 e. The molecule has 2 saturated heterocycles. The summed E-state index contributed by atoms with van der Waals surface area (Å²) in [6.45, 7) is 6.35. The molecule has 45 heavy (non-hydrogen) atoms. The Morgan fingerprint density at radius 1 is 0.889 bits per heavy atom. The number of aliphatic hydroxyl groups is 1. The summed E-state index contributed by atoms with van der Waals surface area (Å²) in [7, 11) is 0. The van der Waals surface area contributed by atoms with Crippen LogP contribution in [-0.4, -0.2) is 72.2 Å². The van der Waals surface area contributed by atoms with Crippen LogP contribution < -0.4 is 10.6 Å². The zero-order valence-electron chi connectivity index (χ0n) is 26.4. The van der Waals surface area contributed by atoms with Gasteiger partial charge in [0.1, 0.15) is 0 Å². The second-order valence-corrected chi connectivity index (χ2v) is 13.1. The van der Waals surface area contributed by atoms with Crippen LogP contribution in [0.15, 0.2) is 84.9 Å². The average Bonchev–Trinajstić information content (AvgIpc) is 3.07. The van der Waals surface area contributed by atoms with Gasteiger partial charge in [0.15, 0.2) is 0 Å². The third kappa shape index (κ3) is 8.26. The first-order chi connectivity index (χ1) is 21.8.